The number of rotatable bonds is 1. The van der Waals surface area contributed by atoms with Crippen LogP contribution in [0.15, 0.2) is 21.6 Å². The zero-order chi connectivity index (χ0) is 9.84. The molecule has 0 amide bonds. The first-order valence-corrected chi connectivity index (χ1v) is 4.51. The molecule has 0 aromatic carbocycles. The van der Waals surface area contributed by atoms with Crippen LogP contribution in [0.25, 0.3) is 0 Å². The number of nitrogens with one attached hydrogen (secondary N) is 1. The Morgan fingerprint density at radius 3 is 2.92 bits per heavy atom. The number of aromatic nitrogens is 1. The number of hydrogen-bond acceptors (Lipinski definition) is 3. The van der Waals surface area contributed by atoms with Crippen molar-refractivity contribution >= 4 is 27.6 Å². The highest BCUT2D eigenvalue weighted by molar-refractivity contribution is 9.10. The molecule has 0 aliphatic heterocycles. The van der Waals surface area contributed by atoms with Crippen molar-refractivity contribution in [3.63, 3.8) is 0 Å². The monoisotopic (exact) mass is 243 g/mol. The lowest BCUT2D eigenvalue weighted by atomic mass is 10.4. The fourth-order valence-electron chi connectivity index (χ4n) is 0.788. The summed E-state index contributed by atoms with van der Waals surface area (Å²) in [5.41, 5.74) is 2.83. The first kappa shape index (κ1) is 10.1. The van der Waals surface area contributed by atoms with Crippen LogP contribution in [0.1, 0.15) is 12.6 Å². The molecule has 0 aliphatic rings. The van der Waals surface area contributed by atoms with Gasteiger partial charge in [0, 0.05) is 5.69 Å². The SMILES string of the molecule is CC(=Nc1nc(C)ccc1Br)NO. The minimum Gasteiger partial charge on any atom is -0.290 e. The summed E-state index contributed by atoms with van der Waals surface area (Å²) in [5, 5.41) is 8.53. The molecular formula is C8H10BrN3O. The number of aliphatic imine (C=N–C) groups is 1. The largest absolute Gasteiger partial charge is 0.290 e. The molecule has 5 heteroatoms. The minimum atomic E-state index is 0.402. The fourth-order valence-corrected chi connectivity index (χ4v) is 1.10. The van der Waals surface area contributed by atoms with Gasteiger partial charge in [0.25, 0.3) is 0 Å². The van der Waals surface area contributed by atoms with Gasteiger partial charge in [-0.1, -0.05) is 0 Å². The molecule has 0 aliphatic carbocycles. The van der Waals surface area contributed by atoms with Crippen LogP contribution >= 0.6 is 15.9 Å². The zero-order valence-corrected chi connectivity index (χ0v) is 8.96. The van der Waals surface area contributed by atoms with Gasteiger partial charge >= 0.3 is 0 Å². The van der Waals surface area contributed by atoms with Gasteiger partial charge in [-0.05, 0) is 41.9 Å². The second-order valence-electron chi connectivity index (χ2n) is 2.57. The average Bonchev–Trinajstić information content (AvgIpc) is 2.11. The first-order chi connectivity index (χ1) is 6.13. The van der Waals surface area contributed by atoms with E-state index in [1.807, 2.05) is 24.5 Å². The number of amidine groups is 1. The van der Waals surface area contributed by atoms with Crippen molar-refractivity contribution in [3.8, 4) is 0 Å². The Kier molecular flexibility index (Phi) is 3.39. The van der Waals surface area contributed by atoms with Crippen molar-refractivity contribution in [1.82, 2.24) is 10.5 Å². The second kappa shape index (κ2) is 4.34. The summed E-state index contributed by atoms with van der Waals surface area (Å²) < 4.78 is 0.799. The van der Waals surface area contributed by atoms with Gasteiger partial charge in [-0.3, -0.25) is 10.7 Å². The quantitative estimate of drug-likeness (QED) is 0.452. The van der Waals surface area contributed by atoms with E-state index in [0.717, 1.165) is 10.2 Å². The summed E-state index contributed by atoms with van der Waals surface area (Å²) in [5.74, 6) is 0.956. The summed E-state index contributed by atoms with van der Waals surface area (Å²) in [6.45, 7) is 3.53. The Hall–Kier alpha value is -0.940. The van der Waals surface area contributed by atoms with Crippen LogP contribution in [0.2, 0.25) is 0 Å². The molecule has 1 aromatic rings. The maximum absolute atomic E-state index is 8.53. The number of hydroxylamine groups is 1. The van der Waals surface area contributed by atoms with Crippen molar-refractivity contribution in [2.45, 2.75) is 13.8 Å². The molecule has 0 radical (unpaired) electrons. The summed E-state index contributed by atoms with van der Waals surface area (Å²) in [6.07, 6.45) is 0. The molecule has 13 heavy (non-hydrogen) atoms. The molecular weight excluding hydrogens is 234 g/mol. The summed E-state index contributed by atoms with van der Waals surface area (Å²) >= 11 is 3.31. The van der Waals surface area contributed by atoms with Crippen LogP contribution in [0, 0.1) is 6.92 Å². The smallest absolute Gasteiger partial charge is 0.168 e. The summed E-state index contributed by atoms with van der Waals surface area (Å²) in [4.78, 5) is 8.21. The highest BCUT2D eigenvalue weighted by atomic mass is 79.9. The second-order valence-corrected chi connectivity index (χ2v) is 3.42. The topological polar surface area (TPSA) is 57.5 Å². The highest BCUT2D eigenvalue weighted by Crippen LogP contribution is 2.22. The van der Waals surface area contributed by atoms with Crippen molar-refractivity contribution < 1.29 is 5.21 Å². The van der Waals surface area contributed by atoms with Crippen LogP contribution in [0.4, 0.5) is 5.82 Å². The Morgan fingerprint density at radius 1 is 1.62 bits per heavy atom. The number of nitrogens with zero attached hydrogens (tertiary/aromatic N) is 2. The van der Waals surface area contributed by atoms with Gasteiger partial charge in [-0.2, -0.15) is 0 Å². The average molecular weight is 244 g/mol. The highest BCUT2D eigenvalue weighted by Gasteiger charge is 1.99. The molecule has 0 unspecified atom stereocenters. The summed E-state index contributed by atoms with van der Waals surface area (Å²) in [6, 6.07) is 3.75. The lowest BCUT2D eigenvalue weighted by Crippen LogP contribution is -2.14. The zero-order valence-electron chi connectivity index (χ0n) is 7.37. The number of halogens is 1. The first-order valence-electron chi connectivity index (χ1n) is 3.72. The van der Waals surface area contributed by atoms with E-state index in [9.17, 15) is 0 Å². The molecule has 4 nitrogen and oxygen atoms in total. The molecule has 1 heterocycles. The third-order valence-corrected chi connectivity index (χ3v) is 2.02. The maximum atomic E-state index is 8.53. The Bertz CT molecular complexity index is 338. The van der Waals surface area contributed by atoms with Crippen LogP contribution in [-0.4, -0.2) is 16.0 Å². The van der Waals surface area contributed by atoms with Gasteiger partial charge in [0.15, 0.2) is 5.82 Å². The molecule has 0 atom stereocenters. The number of aryl methyl sites for hydroxylation is 1. The molecule has 0 saturated heterocycles. The molecule has 0 fully saturated rings. The molecule has 2 N–H and O–H groups in total. The Labute approximate surface area is 84.8 Å². The van der Waals surface area contributed by atoms with E-state index in [0.29, 0.717) is 11.7 Å². The molecule has 1 rings (SSSR count). The van der Waals surface area contributed by atoms with E-state index < -0.39 is 0 Å². The van der Waals surface area contributed by atoms with E-state index >= 15 is 0 Å². The van der Waals surface area contributed by atoms with Gasteiger partial charge in [-0.15, -0.1) is 0 Å². The number of hydrogen-bond donors (Lipinski definition) is 2. The van der Waals surface area contributed by atoms with Gasteiger partial charge < -0.3 is 0 Å². The molecule has 0 spiro atoms. The van der Waals surface area contributed by atoms with E-state index in [2.05, 4.69) is 25.9 Å². The maximum Gasteiger partial charge on any atom is 0.168 e. The van der Waals surface area contributed by atoms with E-state index in [1.54, 1.807) is 6.92 Å². The molecule has 70 valence electrons. The van der Waals surface area contributed by atoms with Gasteiger partial charge in [0.2, 0.25) is 0 Å². The standard InChI is InChI=1S/C8H10BrN3O/c1-5-3-4-7(9)8(10-5)11-6(2)12-13/h3-4,13H,1-2H3,(H,10,11,12). The summed E-state index contributed by atoms with van der Waals surface area (Å²) in [7, 11) is 0. The van der Waals surface area contributed by atoms with E-state index in [1.165, 1.54) is 0 Å². The Balaban J connectivity index is 3.07. The van der Waals surface area contributed by atoms with Crippen molar-refractivity contribution in [2.24, 2.45) is 4.99 Å². The van der Waals surface area contributed by atoms with Crippen LogP contribution < -0.4 is 5.48 Å². The lowest BCUT2D eigenvalue weighted by molar-refractivity contribution is 0.234. The third-order valence-electron chi connectivity index (χ3n) is 1.40. The van der Waals surface area contributed by atoms with Crippen molar-refractivity contribution in [1.29, 1.82) is 0 Å². The van der Waals surface area contributed by atoms with Gasteiger partial charge in [0.05, 0.1) is 4.47 Å². The normalized spacial score (nSPS) is 11.5. The molecule has 1 aromatic heterocycles. The van der Waals surface area contributed by atoms with E-state index in [4.69, 9.17) is 5.21 Å². The molecule has 0 bridgehead atoms. The van der Waals surface area contributed by atoms with Crippen molar-refractivity contribution in [3.05, 3.63) is 22.3 Å². The van der Waals surface area contributed by atoms with E-state index in [-0.39, 0.29) is 0 Å². The molecule has 0 saturated carbocycles. The van der Waals surface area contributed by atoms with Crippen LogP contribution in [0.3, 0.4) is 0 Å². The van der Waals surface area contributed by atoms with Crippen molar-refractivity contribution in [2.75, 3.05) is 0 Å². The number of pyridine rings is 1. The third kappa shape index (κ3) is 2.78. The predicted octanol–water partition coefficient (Wildman–Crippen LogP) is 2.18. The minimum absolute atomic E-state index is 0.402. The van der Waals surface area contributed by atoms with Gasteiger partial charge in [0.1, 0.15) is 5.84 Å². The lowest BCUT2D eigenvalue weighted by Gasteiger charge is -2.00. The Morgan fingerprint density at radius 2 is 2.31 bits per heavy atom. The fraction of sp³-hybridized carbons (Fsp3) is 0.250. The van der Waals surface area contributed by atoms with Crippen LogP contribution in [-0.2, 0) is 0 Å². The predicted molar refractivity (Wildman–Crippen MR) is 54.4 cm³/mol. The van der Waals surface area contributed by atoms with Gasteiger partial charge in [-0.25, -0.2) is 9.98 Å². The van der Waals surface area contributed by atoms with Crippen LogP contribution in [0.5, 0.6) is 0 Å².